The molecule has 7 nitrogen and oxygen atoms in total. The SMILES string of the molecule is C[C@H](N)c1nc(-c2cccc(-c3csc(SCCNC4CCN(Cc5ccc(Cl)c(Cl)c5)CC4)n3)c2)no1. The van der Waals surface area contributed by atoms with Gasteiger partial charge in [-0.1, -0.05) is 64.4 Å². The predicted molar refractivity (Wildman–Crippen MR) is 157 cm³/mol. The Hall–Kier alpha value is -1.98. The second kappa shape index (κ2) is 12.9. The zero-order valence-electron chi connectivity index (χ0n) is 21.1. The van der Waals surface area contributed by atoms with E-state index in [0.717, 1.165) is 65.9 Å². The fourth-order valence-electron chi connectivity index (χ4n) is 4.40. The summed E-state index contributed by atoms with van der Waals surface area (Å²) in [5, 5.41) is 11.1. The third-order valence-electron chi connectivity index (χ3n) is 6.47. The molecule has 200 valence electrons. The summed E-state index contributed by atoms with van der Waals surface area (Å²) in [7, 11) is 0. The highest BCUT2D eigenvalue weighted by Gasteiger charge is 2.19. The molecule has 11 heteroatoms. The minimum absolute atomic E-state index is 0.292. The van der Waals surface area contributed by atoms with Gasteiger partial charge in [-0.2, -0.15) is 4.98 Å². The quantitative estimate of drug-likeness (QED) is 0.159. The van der Waals surface area contributed by atoms with Crippen LogP contribution in [0.3, 0.4) is 0 Å². The number of nitrogens with two attached hydrogens (primary N) is 1. The zero-order chi connectivity index (χ0) is 26.5. The van der Waals surface area contributed by atoms with Crippen LogP contribution in [0, 0.1) is 0 Å². The second-order valence-electron chi connectivity index (χ2n) is 9.43. The Morgan fingerprint density at radius 2 is 1.95 bits per heavy atom. The minimum Gasteiger partial charge on any atom is -0.337 e. The van der Waals surface area contributed by atoms with Gasteiger partial charge in [-0.3, -0.25) is 4.90 Å². The second-order valence-corrected chi connectivity index (χ2v) is 12.4. The van der Waals surface area contributed by atoms with E-state index in [1.165, 1.54) is 5.56 Å². The van der Waals surface area contributed by atoms with Gasteiger partial charge in [0.25, 0.3) is 0 Å². The van der Waals surface area contributed by atoms with Crippen LogP contribution in [0.25, 0.3) is 22.6 Å². The summed E-state index contributed by atoms with van der Waals surface area (Å²) >= 11 is 15.7. The number of hydrogen-bond acceptors (Lipinski definition) is 9. The molecule has 1 aliphatic rings. The van der Waals surface area contributed by atoms with E-state index in [0.29, 0.717) is 27.8 Å². The standard InChI is InChI=1S/C27H30Cl2N6OS2/c1-17(30)26-33-25(34-36-26)20-4-2-3-19(14-20)24-16-38-27(32-24)37-12-9-31-21-7-10-35(11-8-21)15-18-5-6-22(28)23(29)13-18/h2-6,13-14,16-17,21,31H,7-12,15,30H2,1H3/t17-/m0/s1. The van der Waals surface area contributed by atoms with Crippen molar-refractivity contribution in [2.75, 3.05) is 25.4 Å². The highest BCUT2D eigenvalue weighted by atomic mass is 35.5. The van der Waals surface area contributed by atoms with Crippen molar-refractivity contribution in [1.29, 1.82) is 0 Å². The maximum atomic E-state index is 6.16. The number of hydrogen-bond donors (Lipinski definition) is 2. The molecule has 2 aromatic heterocycles. The number of rotatable bonds is 10. The Balaban J connectivity index is 1.05. The largest absolute Gasteiger partial charge is 0.337 e. The lowest BCUT2D eigenvalue weighted by atomic mass is 10.0. The van der Waals surface area contributed by atoms with Crippen LogP contribution in [0.15, 0.2) is 56.7 Å². The van der Waals surface area contributed by atoms with E-state index >= 15 is 0 Å². The van der Waals surface area contributed by atoms with Crippen molar-refractivity contribution >= 4 is 46.3 Å². The number of aromatic nitrogens is 3. The van der Waals surface area contributed by atoms with Crippen molar-refractivity contribution in [3.05, 3.63) is 69.3 Å². The number of nitrogens with one attached hydrogen (secondary N) is 1. The molecule has 3 N–H and O–H groups in total. The van der Waals surface area contributed by atoms with Gasteiger partial charge in [-0.15, -0.1) is 11.3 Å². The lowest BCUT2D eigenvalue weighted by Crippen LogP contribution is -2.42. The average molecular weight is 590 g/mol. The van der Waals surface area contributed by atoms with Gasteiger partial charge in [0, 0.05) is 41.4 Å². The molecule has 0 bridgehead atoms. The summed E-state index contributed by atoms with van der Waals surface area (Å²) in [4.78, 5) is 11.7. The third kappa shape index (κ3) is 7.15. The molecule has 1 fully saturated rings. The molecule has 0 spiro atoms. The zero-order valence-corrected chi connectivity index (χ0v) is 24.2. The Kier molecular flexibility index (Phi) is 9.37. The highest BCUT2D eigenvalue weighted by molar-refractivity contribution is 8.01. The summed E-state index contributed by atoms with van der Waals surface area (Å²) in [5.74, 6) is 1.95. The summed E-state index contributed by atoms with van der Waals surface area (Å²) < 4.78 is 6.32. The van der Waals surface area contributed by atoms with Gasteiger partial charge >= 0.3 is 0 Å². The molecule has 0 amide bonds. The van der Waals surface area contributed by atoms with E-state index < -0.39 is 0 Å². The summed E-state index contributed by atoms with van der Waals surface area (Å²) in [6.07, 6.45) is 2.30. The molecule has 1 atom stereocenters. The fraction of sp³-hybridized carbons (Fsp3) is 0.370. The van der Waals surface area contributed by atoms with Crippen molar-refractivity contribution in [3.63, 3.8) is 0 Å². The first kappa shape index (κ1) is 27.6. The monoisotopic (exact) mass is 588 g/mol. The third-order valence-corrected chi connectivity index (χ3v) is 9.23. The number of likely N-dealkylation sites (tertiary alicyclic amines) is 1. The van der Waals surface area contributed by atoms with Crippen LogP contribution in [0.1, 0.15) is 37.3 Å². The van der Waals surface area contributed by atoms with E-state index in [2.05, 4.69) is 37.9 Å². The summed E-state index contributed by atoms with van der Waals surface area (Å²) in [6.45, 7) is 5.86. The van der Waals surface area contributed by atoms with Crippen molar-refractivity contribution in [1.82, 2.24) is 25.3 Å². The number of nitrogens with zero attached hydrogens (tertiary/aromatic N) is 4. The number of halogens is 2. The number of piperidine rings is 1. The van der Waals surface area contributed by atoms with Crippen LogP contribution in [0.5, 0.6) is 0 Å². The Labute approximate surface area is 241 Å². The molecule has 0 aliphatic carbocycles. The van der Waals surface area contributed by atoms with Crippen LogP contribution < -0.4 is 11.1 Å². The number of thioether (sulfide) groups is 1. The van der Waals surface area contributed by atoms with E-state index in [-0.39, 0.29) is 6.04 Å². The van der Waals surface area contributed by atoms with Gasteiger partial charge in [0.05, 0.1) is 21.8 Å². The molecule has 0 saturated carbocycles. The van der Waals surface area contributed by atoms with Gasteiger partial charge < -0.3 is 15.6 Å². The lowest BCUT2D eigenvalue weighted by molar-refractivity contribution is 0.192. The molecule has 2 aromatic carbocycles. The Morgan fingerprint density at radius 3 is 2.71 bits per heavy atom. The lowest BCUT2D eigenvalue weighted by Gasteiger charge is -2.32. The normalized spacial score (nSPS) is 15.7. The van der Waals surface area contributed by atoms with Gasteiger partial charge in [0.2, 0.25) is 11.7 Å². The van der Waals surface area contributed by atoms with Crippen molar-refractivity contribution in [2.45, 2.75) is 42.7 Å². The molecule has 38 heavy (non-hydrogen) atoms. The predicted octanol–water partition coefficient (Wildman–Crippen LogP) is 6.53. The van der Waals surface area contributed by atoms with Crippen LogP contribution in [-0.4, -0.2) is 51.5 Å². The molecule has 5 rings (SSSR count). The average Bonchev–Trinajstić information content (AvgIpc) is 3.61. The minimum atomic E-state index is -0.292. The fourth-order valence-corrected chi connectivity index (χ4v) is 6.50. The molecule has 3 heterocycles. The highest BCUT2D eigenvalue weighted by Crippen LogP contribution is 2.30. The topological polar surface area (TPSA) is 93.1 Å². The van der Waals surface area contributed by atoms with Crippen LogP contribution in [0.2, 0.25) is 10.0 Å². The van der Waals surface area contributed by atoms with Gasteiger partial charge in [0.15, 0.2) is 4.34 Å². The van der Waals surface area contributed by atoms with E-state index in [1.807, 2.05) is 37.3 Å². The number of benzene rings is 2. The van der Waals surface area contributed by atoms with Gasteiger partial charge in [-0.25, -0.2) is 4.98 Å². The first-order chi connectivity index (χ1) is 18.4. The molecule has 1 aliphatic heterocycles. The van der Waals surface area contributed by atoms with E-state index in [1.54, 1.807) is 23.1 Å². The van der Waals surface area contributed by atoms with Gasteiger partial charge in [-0.05, 0) is 56.6 Å². The Morgan fingerprint density at radius 1 is 1.13 bits per heavy atom. The van der Waals surface area contributed by atoms with Crippen LogP contribution in [0.4, 0.5) is 0 Å². The molecule has 0 radical (unpaired) electrons. The maximum absolute atomic E-state index is 6.16. The maximum Gasteiger partial charge on any atom is 0.243 e. The van der Waals surface area contributed by atoms with Crippen molar-refractivity contribution < 1.29 is 4.52 Å². The van der Waals surface area contributed by atoms with Crippen LogP contribution >= 0.6 is 46.3 Å². The van der Waals surface area contributed by atoms with Crippen molar-refractivity contribution in [3.8, 4) is 22.6 Å². The summed E-state index contributed by atoms with van der Waals surface area (Å²) in [5.41, 5.74) is 9.92. The van der Waals surface area contributed by atoms with E-state index in [9.17, 15) is 0 Å². The molecular weight excluding hydrogens is 559 g/mol. The molecule has 0 unspecified atom stereocenters. The number of thiazole rings is 1. The molecule has 1 saturated heterocycles. The molecular formula is C27H30Cl2N6OS2. The first-order valence-electron chi connectivity index (χ1n) is 12.6. The molecule has 4 aromatic rings. The van der Waals surface area contributed by atoms with Gasteiger partial charge in [0.1, 0.15) is 0 Å². The van der Waals surface area contributed by atoms with Crippen molar-refractivity contribution in [2.24, 2.45) is 5.73 Å². The summed E-state index contributed by atoms with van der Waals surface area (Å²) in [6, 6.07) is 14.2. The van der Waals surface area contributed by atoms with E-state index in [4.69, 9.17) is 38.4 Å². The smallest absolute Gasteiger partial charge is 0.243 e. The Bertz CT molecular complexity index is 1350. The first-order valence-corrected chi connectivity index (χ1v) is 15.2. The van der Waals surface area contributed by atoms with Crippen LogP contribution in [-0.2, 0) is 6.54 Å².